The van der Waals surface area contributed by atoms with Crippen molar-refractivity contribution in [2.24, 2.45) is 0 Å². The van der Waals surface area contributed by atoms with Gasteiger partial charge in [-0.25, -0.2) is 4.79 Å². The number of hydrogen-bond donors (Lipinski definition) is 4. The lowest BCUT2D eigenvalue weighted by Gasteiger charge is -2.13. The summed E-state index contributed by atoms with van der Waals surface area (Å²) in [6, 6.07) is 3.18. The number of carboxylic acids is 1. The lowest BCUT2D eigenvalue weighted by atomic mass is 10.1. The van der Waals surface area contributed by atoms with Gasteiger partial charge >= 0.3 is 5.97 Å². The Hall–Kier alpha value is -1.11. The van der Waals surface area contributed by atoms with Crippen molar-refractivity contribution >= 4 is 27.6 Å². The van der Waals surface area contributed by atoms with E-state index in [-0.39, 0.29) is 18.7 Å². The molecular formula is C11H14BrNO4. The van der Waals surface area contributed by atoms with Gasteiger partial charge in [-0.15, -0.1) is 0 Å². The molecule has 0 amide bonds. The standard InChI is InChI=1S/C11H14BrNO4/c1-6-2-9(12)10(3-8(6)11(16)17)13-4-7(15)5-14/h2-3,7,13-15H,4-5H2,1H3,(H,16,17). The van der Waals surface area contributed by atoms with Gasteiger partial charge in [-0.3, -0.25) is 0 Å². The Bertz CT molecular complexity index is 422. The van der Waals surface area contributed by atoms with Crippen LogP contribution in [-0.2, 0) is 0 Å². The summed E-state index contributed by atoms with van der Waals surface area (Å²) in [7, 11) is 0. The fraction of sp³-hybridized carbons (Fsp3) is 0.364. The third-order valence-corrected chi connectivity index (χ3v) is 2.94. The van der Waals surface area contributed by atoms with E-state index in [1.165, 1.54) is 6.07 Å². The zero-order chi connectivity index (χ0) is 13.0. The van der Waals surface area contributed by atoms with Gasteiger partial charge in [0, 0.05) is 16.7 Å². The Balaban J connectivity index is 2.92. The van der Waals surface area contributed by atoms with Gasteiger partial charge in [0.2, 0.25) is 0 Å². The number of aliphatic hydroxyl groups is 2. The Labute approximate surface area is 107 Å². The van der Waals surface area contributed by atoms with E-state index < -0.39 is 12.1 Å². The first kappa shape index (κ1) is 14.0. The average Bonchev–Trinajstić information content (AvgIpc) is 2.26. The molecule has 0 fully saturated rings. The molecule has 0 aliphatic rings. The van der Waals surface area contributed by atoms with E-state index in [0.717, 1.165) is 0 Å². The van der Waals surface area contributed by atoms with Crippen LogP contribution in [-0.4, -0.2) is 40.5 Å². The predicted molar refractivity (Wildman–Crippen MR) is 67.4 cm³/mol. The van der Waals surface area contributed by atoms with E-state index in [9.17, 15) is 9.90 Å². The van der Waals surface area contributed by atoms with Crippen LogP contribution in [0.25, 0.3) is 0 Å². The Morgan fingerprint density at radius 1 is 1.53 bits per heavy atom. The van der Waals surface area contributed by atoms with Crippen LogP contribution in [0.4, 0.5) is 5.69 Å². The van der Waals surface area contributed by atoms with Gasteiger partial charge in [-0.1, -0.05) is 0 Å². The molecule has 0 radical (unpaired) electrons. The molecule has 0 bridgehead atoms. The molecule has 1 aromatic carbocycles. The molecule has 4 N–H and O–H groups in total. The topological polar surface area (TPSA) is 89.8 Å². The third kappa shape index (κ3) is 3.69. The van der Waals surface area contributed by atoms with Gasteiger partial charge in [0.05, 0.1) is 18.3 Å². The number of nitrogens with one attached hydrogen (secondary N) is 1. The maximum Gasteiger partial charge on any atom is 0.336 e. The molecule has 0 saturated carbocycles. The molecule has 1 atom stereocenters. The third-order valence-electron chi connectivity index (χ3n) is 2.28. The molecule has 0 heterocycles. The maximum atomic E-state index is 10.9. The van der Waals surface area contributed by atoms with Gasteiger partial charge in [0.15, 0.2) is 0 Å². The molecule has 0 aromatic heterocycles. The number of rotatable bonds is 5. The second kappa shape index (κ2) is 6.00. The van der Waals surface area contributed by atoms with Gasteiger partial charge < -0.3 is 20.6 Å². The van der Waals surface area contributed by atoms with Crippen LogP contribution in [0.3, 0.4) is 0 Å². The predicted octanol–water partition coefficient (Wildman–Crippen LogP) is 1.22. The van der Waals surface area contributed by atoms with Crippen molar-refractivity contribution in [3.63, 3.8) is 0 Å². The fourth-order valence-electron chi connectivity index (χ4n) is 1.33. The highest BCUT2D eigenvalue weighted by atomic mass is 79.9. The summed E-state index contributed by atoms with van der Waals surface area (Å²) in [6.07, 6.45) is -0.878. The maximum absolute atomic E-state index is 10.9. The number of carbonyl (C=O) groups is 1. The number of hydrogen-bond acceptors (Lipinski definition) is 4. The first-order valence-corrected chi connectivity index (χ1v) is 5.81. The van der Waals surface area contributed by atoms with E-state index in [0.29, 0.717) is 15.7 Å². The second-order valence-corrected chi connectivity index (χ2v) is 4.52. The number of aromatic carboxylic acids is 1. The normalized spacial score (nSPS) is 12.2. The summed E-state index contributed by atoms with van der Waals surface area (Å²) < 4.78 is 0.713. The minimum atomic E-state index is -0.999. The first-order chi connectivity index (χ1) is 7.95. The SMILES string of the molecule is Cc1cc(Br)c(NCC(O)CO)cc1C(=O)O. The number of anilines is 1. The zero-order valence-corrected chi connectivity index (χ0v) is 10.9. The van der Waals surface area contributed by atoms with Crippen LogP contribution in [0.2, 0.25) is 0 Å². The Kier molecular flexibility index (Phi) is 4.92. The van der Waals surface area contributed by atoms with Crippen molar-refractivity contribution in [2.45, 2.75) is 13.0 Å². The van der Waals surface area contributed by atoms with E-state index in [1.807, 2.05) is 0 Å². The van der Waals surface area contributed by atoms with E-state index in [2.05, 4.69) is 21.2 Å². The summed E-state index contributed by atoms with van der Waals surface area (Å²) in [6.45, 7) is 1.51. The van der Waals surface area contributed by atoms with Crippen LogP contribution in [0.5, 0.6) is 0 Å². The highest BCUT2D eigenvalue weighted by Crippen LogP contribution is 2.26. The fourth-order valence-corrected chi connectivity index (χ4v) is 1.93. The average molecular weight is 304 g/mol. The molecule has 0 spiro atoms. The minimum absolute atomic E-state index is 0.150. The summed E-state index contributed by atoms with van der Waals surface area (Å²) >= 11 is 3.30. The summed E-state index contributed by atoms with van der Waals surface area (Å²) in [5, 5.41) is 29.7. The summed E-state index contributed by atoms with van der Waals surface area (Å²) in [5.74, 6) is -0.999. The smallest absolute Gasteiger partial charge is 0.336 e. The highest BCUT2D eigenvalue weighted by Gasteiger charge is 2.11. The molecule has 17 heavy (non-hydrogen) atoms. The summed E-state index contributed by atoms with van der Waals surface area (Å²) in [5.41, 5.74) is 1.42. The van der Waals surface area contributed by atoms with Crippen molar-refractivity contribution in [1.82, 2.24) is 0 Å². The Morgan fingerprint density at radius 2 is 2.18 bits per heavy atom. The van der Waals surface area contributed by atoms with Crippen LogP contribution < -0.4 is 5.32 Å². The van der Waals surface area contributed by atoms with Gasteiger partial charge in [-0.2, -0.15) is 0 Å². The molecule has 1 aromatic rings. The summed E-state index contributed by atoms with van der Waals surface area (Å²) in [4.78, 5) is 10.9. The van der Waals surface area contributed by atoms with E-state index in [1.54, 1.807) is 13.0 Å². The highest BCUT2D eigenvalue weighted by molar-refractivity contribution is 9.10. The molecular weight excluding hydrogens is 290 g/mol. The number of aliphatic hydroxyl groups excluding tert-OH is 2. The van der Waals surface area contributed by atoms with Crippen LogP contribution in [0, 0.1) is 6.92 Å². The van der Waals surface area contributed by atoms with Crippen molar-refractivity contribution in [2.75, 3.05) is 18.5 Å². The van der Waals surface area contributed by atoms with Crippen LogP contribution >= 0.6 is 15.9 Å². The van der Waals surface area contributed by atoms with Crippen molar-refractivity contribution in [3.05, 3.63) is 27.7 Å². The Morgan fingerprint density at radius 3 is 2.71 bits per heavy atom. The zero-order valence-electron chi connectivity index (χ0n) is 9.27. The van der Waals surface area contributed by atoms with Crippen LogP contribution in [0.15, 0.2) is 16.6 Å². The van der Waals surface area contributed by atoms with Gasteiger partial charge in [0.25, 0.3) is 0 Å². The van der Waals surface area contributed by atoms with Crippen molar-refractivity contribution in [3.8, 4) is 0 Å². The number of carboxylic acid groups (broad SMARTS) is 1. The monoisotopic (exact) mass is 303 g/mol. The number of aryl methyl sites for hydroxylation is 1. The molecule has 94 valence electrons. The van der Waals surface area contributed by atoms with Crippen LogP contribution in [0.1, 0.15) is 15.9 Å². The molecule has 1 unspecified atom stereocenters. The molecule has 0 saturated heterocycles. The second-order valence-electron chi connectivity index (χ2n) is 3.67. The molecule has 1 rings (SSSR count). The van der Waals surface area contributed by atoms with Crippen molar-refractivity contribution in [1.29, 1.82) is 0 Å². The number of benzene rings is 1. The molecule has 6 heteroatoms. The molecule has 5 nitrogen and oxygen atoms in total. The minimum Gasteiger partial charge on any atom is -0.478 e. The van der Waals surface area contributed by atoms with E-state index >= 15 is 0 Å². The molecule has 0 aliphatic heterocycles. The first-order valence-electron chi connectivity index (χ1n) is 5.02. The van der Waals surface area contributed by atoms with Crippen molar-refractivity contribution < 1.29 is 20.1 Å². The lowest BCUT2D eigenvalue weighted by molar-refractivity contribution is 0.0696. The largest absolute Gasteiger partial charge is 0.478 e. The number of halogens is 1. The van der Waals surface area contributed by atoms with E-state index in [4.69, 9.17) is 10.2 Å². The quantitative estimate of drug-likeness (QED) is 0.657. The van der Waals surface area contributed by atoms with Gasteiger partial charge in [-0.05, 0) is 40.5 Å². The molecule has 0 aliphatic carbocycles. The lowest BCUT2D eigenvalue weighted by Crippen LogP contribution is -2.23. The van der Waals surface area contributed by atoms with Gasteiger partial charge in [0.1, 0.15) is 0 Å².